The van der Waals surface area contributed by atoms with E-state index < -0.39 is 29.3 Å². The van der Waals surface area contributed by atoms with Crippen molar-refractivity contribution < 1.29 is 27.1 Å². The van der Waals surface area contributed by atoms with Gasteiger partial charge in [-0.2, -0.15) is 13.2 Å². The van der Waals surface area contributed by atoms with E-state index in [1.54, 1.807) is 25.7 Å². The SMILES string of the molecule is CC(C)(C)OC(=O)N1CCC(Nc2cc(C(F)(F)F)ccc2F)CC1. The number of nitrogens with zero attached hydrogens (tertiary/aromatic N) is 1. The lowest BCUT2D eigenvalue weighted by Crippen LogP contribution is -2.44. The summed E-state index contributed by atoms with van der Waals surface area (Å²) in [5, 5.41) is 2.82. The number of hydrogen-bond donors (Lipinski definition) is 1. The van der Waals surface area contributed by atoms with Crippen molar-refractivity contribution in [1.82, 2.24) is 4.90 Å². The molecule has 1 saturated heterocycles. The summed E-state index contributed by atoms with van der Waals surface area (Å²) >= 11 is 0. The number of hydrogen-bond acceptors (Lipinski definition) is 3. The van der Waals surface area contributed by atoms with Crippen LogP contribution < -0.4 is 5.32 Å². The molecule has 0 unspecified atom stereocenters. The predicted octanol–water partition coefficient (Wildman–Crippen LogP) is 4.66. The maximum atomic E-state index is 13.8. The standard InChI is InChI=1S/C17H22F4N2O2/c1-16(2,3)25-15(24)23-8-6-12(7-9-23)22-14-10-11(17(19,20)21)4-5-13(14)18/h4-5,10,12,22H,6-9H2,1-3H3. The molecule has 1 heterocycles. The molecule has 8 heteroatoms. The van der Waals surface area contributed by atoms with Gasteiger partial charge in [0.2, 0.25) is 0 Å². The van der Waals surface area contributed by atoms with Crippen molar-refractivity contribution in [1.29, 1.82) is 0 Å². The second-order valence-electron chi connectivity index (χ2n) is 7.08. The lowest BCUT2D eigenvalue weighted by atomic mass is 10.0. The van der Waals surface area contributed by atoms with Gasteiger partial charge in [0.25, 0.3) is 0 Å². The minimum Gasteiger partial charge on any atom is -0.444 e. The molecule has 4 nitrogen and oxygen atoms in total. The van der Waals surface area contributed by atoms with Crippen molar-refractivity contribution in [2.75, 3.05) is 18.4 Å². The fourth-order valence-corrected chi connectivity index (χ4v) is 2.57. The van der Waals surface area contributed by atoms with Crippen molar-refractivity contribution in [2.45, 2.75) is 51.4 Å². The summed E-state index contributed by atoms with van der Waals surface area (Å²) < 4.78 is 57.3. The monoisotopic (exact) mass is 362 g/mol. The van der Waals surface area contributed by atoms with E-state index in [9.17, 15) is 22.4 Å². The summed E-state index contributed by atoms with van der Waals surface area (Å²) in [7, 11) is 0. The van der Waals surface area contributed by atoms with Crippen molar-refractivity contribution >= 4 is 11.8 Å². The Balaban J connectivity index is 1.95. The number of anilines is 1. The van der Waals surface area contributed by atoms with Gasteiger partial charge in [0, 0.05) is 19.1 Å². The molecule has 0 spiro atoms. The van der Waals surface area contributed by atoms with Gasteiger partial charge in [-0.3, -0.25) is 0 Å². The Hall–Kier alpha value is -1.99. The fourth-order valence-electron chi connectivity index (χ4n) is 2.57. The predicted molar refractivity (Wildman–Crippen MR) is 85.9 cm³/mol. The number of likely N-dealkylation sites (tertiary alicyclic amines) is 1. The Labute approximate surface area is 144 Å². The van der Waals surface area contributed by atoms with Crippen LogP contribution in [0.5, 0.6) is 0 Å². The van der Waals surface area contributed by atoms with E-state index in [4.69, 9.17) is 4.74 Å². The number of rotatable bonds is 2. The molecule has 1 fully saturated rings. The van der Waals surface area contributed by atoms with E-state index in [-0.39, 0.29) is 11.7 Å². The van der Waals surface area contributed by atoms with Crippen LogP contribution in [-0.4, -0.2) is 35.7 Å². The van der Waals surface area contributed by atoms with Gasteiger partial charge in [-0.15, -0.1) is 0 Å². The number of nitrogens with one attached hydrogen (secondary N) is 1. The molecule has 1 aromatic carbocycles. The van der Waals surface area contributed by atoms with Crippen LogP contribution in [0.1, 0.15) is 39.2 Å². The number of ether oxygens (including phenoxy) is 1. The highest BCUT2D eigenvalue weighted by atomic mass is 19.4. The van der Waals surface area contributed by atoms with Crippen LogP contribution in [0.4, 0.5) is 28.0 Å². The zero-order valence-corrected chi connectivity index (χ0v) is 14.4. The molecule has 1 amide bonds. The highest BCUT2D eigenvalue weighted by Crippen LogP contribution is 2.32. The Morgan fingerprint density at radius 3 is 2.32 bits per heavy atom. The summed E-state index contributed by atoms with van der Waals surface area (Å²) in [6.07, 6.45) is -3.95. The molecular formula is C17H22F4N2O2. The number of carbonyl (C=O) groups excluding carboxylic acids is 1. The van der Waals surface area contributed by atoms with E-state index in [1.165, 1.54) is 0 Å². The van der Waals surface area contributed by atoms with Gasteiger partial charge in [0.1, 0.15) is 11.4 Å². The molecule has 2 rings (SSSR count). The Bertz CT molecular complexity index is 618. The maximum absolute atomic E-state index is 13.8. The molecule has 0 aliphatic carbocycles. The molecule has 1 aliphatic heterocycles. The number of benzene rings is 1. The molecular weight excluding hydrogens is 340 g/mol. The first-order valence-electron chi connectivity index (χ1n) is 8.07. The second kappa shape index (κ2) is 7.09. The Kier molecular flexibility index (Phi) is 5.49. The third-order valence-electron chi connectivity index (χ3n) is 3.80. The quantitative estimate of drug-likeness (QED) is 0.779. The number of amides is 1. The summed E-state index contributed by atoms with van der Waals surface area (Å²) in [4.78, 5) is 13.5. The van der Waals surface area contributed by atoms with Crippen LogP contribution in [0.2, 0.25) is 0 Å². The fraction of sp³-hybridized carbons (Fsp3) is 0.588. The van der Waals surface area contributed by atoms with Crippen LogP contribution in [0.25, 0.3) is 0 Å². The largest absolute Gasteiger partial charge is 0.444 e. The molecule has 1 N–H and O–H groups in total. The molecule has 140 valence electrons. The van der Waals surface area contributed by atoms with Crippen LogP contribution in [-0.2, 0) is 10.9 Å². The highest BCUT2D eigenvalue weighted by molar-refractivity contribution is 5.68. The van der Waals surface area contributed by atoms with E-state index in [1.807, 2.05) is 0 Å². The number of piperidine rings is 1. The third-order valence-corrected chi connectivity index (χ3v) is 3.80. The van der Waals surface area contributed by atoms with Crippen LogP contribution in [0, 0.1) is 5.82 Å². The second-order valence-corrected chi connectivity index (χ2v) is 7.08. The van der Waals surface area contributed by atoms with Gasteiger partial charge in [-0.05, 0) is 51.8 Å². The van der Waals surface area contributed by atoms with Gasteiger partial charge in [0.05, 0.1) is 11.3 Å². The van der Waals surface area contributed by atoms with Gasteiger partial charge < -0.3 is 15.0 Å². The summed E-state index contributed by atoms with van der Waals surface area (Å²) in [6.45, 7) is 6.11. The van der Waals surface area contributed by atoms with Crippen molar-refractivity contribution in [2.24, 2.45) is 0 Å². The topological polar surface area (TPSA) is 41.6 Å². The van der Waals surface area contributed by atoms with Crippen molar-refractivity contribution in [3.05, 3.63) is 29.6 Å². The summed E-state index contributed by atoms with van der Waals surface area (Å²) in [5.74, 6) is -0.734. The van der Waals surface area contributed by atoms with Gasteiger partial charge in [-0.25, -0.2) is 9.18 Å². The number of carbonyl (C=O) groups is 1. The van der Waals surface area contributed by atoms with Crippen molar-refractivity contribution in [3.8, 4) is 0 Å². The average molecular weight is 362 g/mol. The molecule has 1 aliphatic rings. The summed E-state index contributed by atoms with van der Waals surface area (Å²) in [5.41, 5.74) is -1.67. The van der Waals surface area contributed by atoms with Crippen LogP contribution >= 0.6 is 0 Å². The van der Waals surface area contributed by atoms with Gasteiger partial charge >= 0.3 is 12.3 Å². The summed E-state index contributed by atoms with van der Waals surface area (Å²) in [6, 6.07) is 2.08. The normalized spacial score (nSPS) is 16.7. The molecule has 0 bridgehead atoms. The molecule has 0 atom stereocenters. The van der Waals surface area contributed by atoms with E-state index in [0.717, 1.165) is 12.1 Å². The smallest absolute Gasteiger partial charge is 0.416 e. The van der Waals surface area contributed by atoms with Gasteiger partial charge in [-0.1, -0.05) is 0 Å². The first-order chi connectivity index (χ1) is 11.5. The molecule has 1 aromatic rings. The molecule has 25 heavy (non-hydrogen) atoms. The zero-order chi connectivity index (χ0) is 18.8. The average Bonchev–Trinajstić information content (AvgIpc) is 2.47. The maximum Gasteiger partial charge on any atom is 0.416 e. The van der Waals surface area contributed by atoms with E-state index in [2.05, 4.69) is 5.32 Å². The van der Waals surface area contributed by atoms with Crippen LogP contribution in [0.3, 0.4) is 0 Å². The molecule has 0 saturated carbocycles. The lowest BCUT2D eigenvalue weighted by molar-refractivity contribution is -0.137. The first kappa shape index (κ1) is 19.3. The Morgan fingerprint density at radius 1 is 1.20 bits per heavy atom. The Morgan fingerprint density at radius 2 is 1.80 bits per heavy atom. The molecule has 0 radical (unpaired) electrons. The molecule has 0 aromatic heterocycles. The van der Waals surface area contributed by atoms with Crippen LogP contribution in [0.15, 0.2) is 18.2 Å². The number of halogens is 4. The zero-order valence-electron chi connectivity index (χ0n) is 14.4. The highest BCUT2D eigenvalue weighted by Gasteiger charge is 2.32. The first-order valence-corrected chi connectivity index (χ1v) is 8.07. The van der Waals surface area contributed by atoms with Crippen molar-refractivity contribution in [3.63, 3.8) is 0 Å². The lowest BCUT2D eigenvalue weighted by Gasteiger charge is -2.34. The minimum absolute atomic E-state index is 0.175. The van der Waals surface area contributed by atoms with Gasteiger partial charge in [0.15, 0.2) is 0 Å². The van der Waals surface area contributed by atoms with E-state index in [0.29, 0.717) is 32.0 Å². The third kappa shape index (κ3) is 5.51. The van der Waals surface area contributed by atoms with E-state index >= 15 is 0 Å². The number of alkyl halides is 3. The minimum atomic E-state index is -4.52.